The van der Waals surface area contributed by atoms with Crippen molar-refractivity contribution in [2.45, 2.75) is 6.42 Å². The topological polar surface area (TPSA) is 126 Å². The lowest BCUT2D eigenvalue weighted by atomic mass is 10.1. The largest absolute Gasteiger partial charge is 0.487 e. The summed E-state index contributed by atoms with van der Waals surface area (Å²) in [6.07, 6.45) is 5.93. The van der Waals surface area contributed by atoms with Gasteiger partial charge in [0.15, 0.2) is 11.5 Å². The maximum atomic E-state index is 6.35. The van der Waals surface area contributed by atoms with Gasteiger partial charge in [0, 0.05) is 68.0 Å². The summed E-state index contributed by atoms with van der Waals surface area (Å²) in [4.78, 5) is 13.3. The number of anilines is 2. The molecule has 0 saturated carbocycles. The monoisotopic (exact) mass is 530 g/mol. The third-order valence-electron chi connectivity index (χ3n) is 5.76. The van der Waals surface area contributed by atoms with Gasteiger partial charge in [-0.2, -0.15) is 0 Å². The molecular formula is C29H34N6O4. The molecule has 0 unspecified atom stereocenters. The predicted molar refractivity (Wildman–Crippen MR) is 152 cm³/mol. The summed E-state index contributed by atoms with van der Waals surface area (Å²) in [5.41, 5.74) is 10.4. The van der Waals surface area contributed by atoms with Crippen LogP contribution in [0.5, 0.6) is 11.5 Å². The van der Waals surface area contributed by atoms with E-state index in [9.17, 15) is 0 Å². The molecule has 0 amide bonds. The van der Waals surface area contributed by atoms with E-state index >= 15 is 0 Å². The number of hydrogen-bond acceptors (Lipinski definition) is 10. The smallest absolute Gasteiger partial charge is 0.163 e. The molecule has 0 radical (unpaired) electrons. The van der Waals surface area contributed by atoms with E-state index in [4.69, 9.17) is 24.7 Å². The van der Waals surface area contributed by atoms with Crippen molar-refractivity contribution in [2.24, 2.45) is 5.73 Å². The zero-order valence-corrected chi connectivity index (χ0v) is 22.2. The number of benzene rings is 2. The molecule has 0 atom stereocenters. The molecule has 2 aromatic carbocycles. The maximum absolute atomic E-state index is 6.35. The van der Waals surface area contributed by atoms with Crippen LogP contribution in [0.15, 0.2) is 73.3 Å². The van der Waals surface area contributed by atoms with Crippen molar-refractivity contribution in [3.63, 3.8) is 0 Å². The minimum atomic E-state index is 0.378. The first-order valence-electron chi connectivity index (χ1n) is 12.7. The van der Waals surface area contributed by atoms with Crippen LogP contribution in [0.25, 0.3) is 16.6 Å². The van der Waals surface area contributed by atoms with Crippen LogP contribution in [0.4, 0.5) is 11.5 Å². The van der Waals surface area contributed by atoms with Crippen LogP contribution in [0.2, 0.25) is 0 Å². The summed E-state index contributed by atoms with van der Waals surface area (Å²) in [5, 5.41) is 7.45. The Kier molecular flexibility index (Phi) is 10.3. The van der Waals surface area contributed by atoms with Crippen molar-refractivity contribution in [3.05, 3.63) is 84.6 Å². The number of nitrogens with two attached hydrogens (primary N) is 1. The number of rotatable bonds is 15. The Balaban J connectivity index is 1.50. The fraction of sp³-hybridized carbons (Fsp3) is 0.276. The van der Waals surface area contributed by atoms with Crippen molar-refractivity contribution >= 4 is 28.1 Å². The van der Waals surface area contributed by atoms with Crippen LogP contribution < -0.4 is 25.8 Å². The van der Waals surface area contributed by atoms with Gasteiger partial charge in [0.1, 0.15) is 25.4 Å². The van der Waals surface area contributed by atoms with E-state index in [2.05, 4.69) is 25.6 Å². The average molecular weight is 531 g/mol. The summed E-state index contributed by atoms with van der Waals surface area (Å²) in [5.74, 6) is 1.79. The molecular weight excluding hydrogens is 496 g/mol. The zero-order valence-electron chi connectivity index (χ0n) is 22.2. The van der Waals surface area contributed by atoms with Crippen LogP contribution in [0.3, 0.4) is 0 Å². The number of fused-ring (bicyclic) bond motifs is 1. The summed E-state index contributed by atoms with van der Waals surface area (Å²) >= 11 is 0. The molecule has 4 rings (SSSR count). The van der Waals surface area contributed by atoms with E-state index in [1.807, 2.05) is 60.8 Å². The van der Waals surface area contributed by atoms with E-state index in [1.165, 1.54) is 6.33 Å². The highest BCUT2D eigenvalue weighted by molar-refractivity contribution is 5.93. The van der Waals surface area contributed by atoms with Crippen LogP contribution >= 0.6 is 0 Å². The van der Waals surface area contributed by atoms with Gasteiger partial charge in [0.25, 0.3) is 0 Å². The molecule has 2 aromatic heterocycles. The highest BCUT2D eigenvalue weighted by Crippen LogP contribution is 2.35. The number of hydrogen-bond donors (Lipinski definition) is 3. The van der Waals surface area contributed by atoms with Crippen molar-refractivity contribution in [2.75, 3.05) is 52.5 Å². The average Bonchev–Trinajstić information content (AvgIpc) is 2.96. The van der Waals surface area contributed by atoms with Crippen molar-refractivity contribution < 1.29 is 18.9 Å². The van der Waals surface area contributed by atoms with Crippen LogP contribution in [-0.4, -0.2) is 62.1 Å². The number of nitrogens with zero attached hydrogens (tertiary/aromatic N) is 3. The van der Waals surface area contributed by atoms with Gasteiger partial charge in [0.05, 0.1) is 24.4 Å². The van der Waals surface area contributed by atoms with Crippen LogP contribution in [-0.2, 0) is 15.9 Å². The minimum absolute atomic E-state index is 0.378. The Labute approximate surface area is 228 Å². The van der Waals surface area contributed by atoms with Crippen LogP contribution in [0, 0.1) is 0 Å². The minimum Gasteiger partial charge on any atom is -0.487 e. The molecule has 204 valence electrons. The highest BCUT2D eigenvalue weighted by atomic mass is 16.5. The molecule has 0 aliphatic rings. The van der Waals surface area contributed by atoms with Gasteiger partial charge < -0.3 is 35.3 Å². The Hall–Kier alpha value is -4.41. The van der Waals surface area contributed by atoms with Gasteiger partial charge >= 0.3 is 0 Å². The third kappa shape index (κ3) is 8.03. The van der Waals surface area contributed by atoms with E-state index in [0.717, 1.165) is 35.3 Å². The van der Waals surface area contributed by atoms with Crippen LogP contribution in [0.1, 0.15) is 11.3 Å². The van der Waals surface area contributed by atoms with E-state index in [-0.39, 0.29) is 0 Å². The second-order valence-corrected chi connectivity index (χ2v) is 8.55. The van der Waals surface area contributed by atoms with Gasteiger partial charge in [-0.05, 0) is 30.3 Å². The van der Waals surface area contributed by atoms with Gasteiger partial charge in [-0.3, -0.25) is 4.98 Å². The summed E-state index contributed by atoms with van der Waals surface area (Å²) in [6, 6.07) is 17.4. The molecule has 0 spiro atoms. The fourth-order valence-corrected chi connectivity index (χ4v) is 3.78. The molecule has 4 N–H and O–H groups in total. The second-order valence-electron chi connectivity index (χ2n) is 8.55. The van der Waals surface area contributed by atoms with E-state index in [1.54, 1.807) is 20.4 Å². The standard InChI is InChI=1S/C29H34N6O4/c1-36-12-14-38-27-17-24-26(18-28(27)39-15-13-37-2)33-20-34-29(24)35-23-8-5-6-21(16-23)25(30)19-31-11-9-22-7-3-4-10-32-22/h3-8,10,16-20,31H,9,11-15,30H2,1-2H3,(H,33,34,35)/b25-19-. The van der Waals surface area contributed by atoms with Gasteiger partial charge in [-0.1, -0.05) is 18.2 Å². The summed E-state index contributed by atoms with van der Waals surface area (Å²) in [6.45, 7) is 2.40. The molecule has 0 aliphatic heterocycles. The second kappa shape index (κ2) is 14.5. The predicted octanol–water partition coefficient (Wildman–Crippen LogP) is 3.91. The molecule has 0 saturated heterocycles. The number of nitrogens with one attached hydrogen (secondary N) is 2. The molecule has 0 bridgehead atoms. The quantitative estimate of drug-likeness (QED) is 0.195. The maximum Gasteiger partial charge on any atom is 0.163 e. The lowest BCUT2D eigenvalue weighted by molar-refractivity contribution is 0.132. The first kappa shape index (κ1) is 27.6. The first-order chi connectivity index (χ1) is 19.2. The zero-order chi connectivity index (χ0) is 27.3. The number of ether oxygens (including phenoxy) is 4. The fourth-order valence-electron chi connectivity index (χ4n) is 3.78. The molecule has 2 heterocycles. The molecule has 10 nitrogen and oxygen atoms in total. The SMILES string of the molecule is COCCOc1cc2ncnc(Nc3cccc(/C(N)=C/NCCc4ccccn4)c3)c2cc1OCCOC. The normalized spacial score (nSPS) is 11.4. The van der Waals surface area contributed by atoms with Crippen molar-refractivity contribution in [1.82, 2.24) is 20.3 Å². The molecule has 39 heavy (non-hydrogen) atoms. The molecule has 0 fully saturated rings. The van der Waals surface area contributed by atoms with E-state index in [0.29, 0.717) is 55.0 Å². The van der Waals surface area contributed by atoms with E-state index < -0.39 is 0 Å². The number of methoxy groups -OCH3 is 2. The van der Waals surface area contributed by atoms with Crippen molar-refractivity contribution in [1.29, 1.82) is 0 Å². The summed E-state index contributed by atoms with van der Waals surface area (Å²) in [7, 11) is 3.26. The lowest BCUT2D eigenvalue weighted by Crippen LogP contribution is -2.13. The number of aromatic nitrogens is 3. The third-order valence-corrected chi connectivity index (χ3v) is 5.76. The van der Waals surface area contributed by atoms with Crippen molar-refractivity contribution in [3.8, 4) is 11.5 Å². The molecule has 10 heteroatoms. The number of pyridine rings is 1. The Bertz CT molecular complexity index is 1370. The Morgan fingerprint density at radius 2 is 1.67 bits per heavy atom. The highest BCUT2D eigenvalue weighted by Gasteiger charge is 2.13. The molecule has 4 aromatic rings. The Morgan fingerprint density at radius 1 is 0.872 bits per heavy atom. The Morgan fingerprint density at radius 3 is 2.41 bits per heavy atom. The van der Waals surface area contributed by atoms with Gasteiger partial charge in [-0.15, -0.1) is 0 Å². The van der Waals surface area contributed by atoms with Gasteiger partial charge in [0.2, 0.25) is 0 Å². The summed E-state index contributed by atoms with van der Waals surface area (Å²) < 4.78 is 22.1. The lowest BCUT2D eigenvalue weighted by Gasteiger charge is -2.15. The molecule has 0 aliphatic carbocycles. The first-order valence-corrected chi connectivity index (χ1v) is 12.7. The van der Waals surface area contributed by atoms with Gasteiger partial charge in [-0.25, -0.2) is 9.97 Å².